The van der Waals surface area contributed by atoms with Gasteiger partial charge in [0.1, 0.15) is 0 Å². The van der Waals surface area contributed by atoms with Crippen LogP contribution in [0.5, 0.6) is 0 Å². The van der Waals surface area contributed by atoms with Crippen LogP contribution in [-0.2, 0) is 10.4 Å². The van der Waals surface area contributed by atoms with E-state index in [1.807, 2.05) is 0 Å². The van der Waals surface area contributed by atoms with Crippen molar-refractivity contribution in [3.05, 3.63) is 0 Å². The minimum Gasteiger partial charge on any atom is -0.144 e. The Morgan fingerprint density at radius 3 is 0.935 bits per heavy atom. The molecule has 2 radical (unpaired) electrons. The Balaban J connectivity index is 1.44. The van der Waals surface area contributed by atoms with E-state index < -0.39 is 0 Å². The summed E-state index contributed by atoms with van der Waals surface area (Å²) in [5, 5.41) is 28.4. The molecule has 4 aliphatic rings. The van der Waals surface area contributed by atoms with Gasteiger partial charge in [-0.1, -0.05) is 0 Å². The Morgan fingerprint density at radius 1 is 0.484 bits per heavy atom. The smallest absolute Gasteiger partial charge is 0.0648 e. The van der Waals surface area contributed by atoms with E-state index in [-0.39, 0.29) is 30.3 Å². The van der Waals surface area contributed by atoms with Crippen LogP contribution in [0.4, 0.5) is 0 Å². The minimum atomic E-state index is -0.310. The molecule has 3 spiro atoms. The molecule has 0 unspecified atom stereocenters. The lowest BCUT2D eigenvalue weighted by molar-refractivity contribution is -0.287. The maximum atomic E-state index is 12.9. The molecule has 178 valence electrons. The van der Waals surface area contributed by atoms with Gasteiger partial charge in [0.05, 0.1) is 8.16 Å². The SMILES string of the molecule is CC1(C)CC2(CC(C)(C)N1[O])SCC1(CS2)CSC2(CC(C)(C)N([O])C(C)(C)C2)SC1. The van der Waals surface area contributed by atoms with E-state index in [1.165, 1.54) is 33.1 Å². The summed E-state index contributed by atoms with van der Waals surface area (Å²) in [6.07, 6.45) is 3.85. The van der Waals surface area contributed by atoms with Crippen molar-refractivity contribution >= 4 is 47.0 Å². The first kappa shape index (κ1) is 25.3. The lowest BCUT2D eigenvalue weighted by atomic mass is 9.81. The Hall–Kier alpha value is 1.24. The summed E-state index contributed by atoms with van der Waals surface area (Å²) in [6.45, 7) is 17.0. The second-order valence-corrected chi connectivity index (χ2v) is 19.0. The number of hydrogen-bond donors (Lipinski definition) is 0. The van der Waals surface area contributed by atoms with Gasteiger partial charge in [-0.05, 0) is 81.1 Å². The standard InChI is InChI=1S/C23H40N2O2S4/c1-17(2)9-22(10-18(3,4)24(17)26)28-13-21(14-29-22)15-30-23(31-16-21)11-19(5,6)25(27)20(7,8)12-23/h9-16H2,1-8H3. The molecule has 0 amide bonds. The van der Waals surface area contributed by atoms with Crippen molar-refractivity contribution in [2.24, 2.45) is 5.41 Å². The van der Waals surface area contributed by atoms with Crippen LogP contribution in [0.1, 0.15) is 81.1 Å². The third-order valence-corrected chi connectivity index (χ3v) is 15.3. The van der Waals surface area contributed by atoms with Gasteiger partial charge >= 0.3 is 0 Å². The highest BCUT2D eigenvalue weighted by Gasteiger charge is 2.60. The van der Waals surface area contributed by atoms with E-state index in [2.05, 4.69) is 102 Å². The number of thioether (sulfide) groups is 4. The molecule has 31 heavy (non-hydrogen) atoms. The van der Waals surface area contributed by atoms with Crippen LogP contribution >= 0.6 is 47.0 Å². The van der Waals surface area contributed by atoms with Crippen molar-refractivity contribution in [3.8, 4) is 0 Å². The fourth-order valence-corrected chi connectivity index (χ4v) is 15.9. The molecule has 4 saturated heterocycles. The number of nitrogens with zero attached hydrogens (tertiary/aromatic N) is 2. The van der Waals surface area contributed by atoms with Crippen molar-refractivity contribution in [2.75, 3.05) is 23.0 Å². The first-order valence-electron chi connectivity index (χ1n) is 11.5. The molecular weight excluding hydrogens is 465 g/mol. The van der Waals surface area contributed by atoms with Crippen LogP contribution in [0.3, 0.4) is 0 Å². The Bertz CT molecular complexity index is 605. The lowest BCUT2D eigenvalue weighted by Crippen LogP contribution is -2.64. The molecule has 0 saturated carbocycles. The zero-order valence-corrected chi connectivity index (χ0v) is 23.8. The van der Waals surface area contributed by atoms with Crippen LogP contribution in [0.15, 0.2) is 0 Å². The summed E-state index contributed by atoms with van der Waals surface area (Å²) < 4.78 is 0.336. The minimum absolute atomic E-state index is 0.168. The number of rotatable bonds is 0. The van der Waals surface area contributed by atoms with Crippen molar-refractivity contribution in [2.45, 2.75) is 111 Å². The molecule has 4 rings (SSSR count). The number of hydrogen-bond acceptors (Lipinski definition) is 6. The van der Waals surface area contributed by atoms with Crippen molar-refractivity contribution in [1.29, 1.82) is 0 Å². The monoisotopic (exact) mass is 504 g/mol. The van der Waals surface area contributed by atoms with Gasteiger partial charge in [-0.15, -0.1) is 67.6 Å². The second-order valence-electron chi connectivity index (χ2n) is 13.0. The molecule has 0 aromatic rings. The first-order valence-corrected chi connectivity index (χ1v) is 15.4. The predicted octanol–water partition coefficient (Wildman–Crippen LogP) is 6.32. The van der Waals surface area contributed by atoms with E-state index in [0.29, 0.717) is 5.41 Å². The van der Waals surface area contributed by atoms with Gasteiger partial charge in [0.25, 0.3) is 0 Å². The normalized spacial score (nSPS) is 35.4. The molecule has 0 atom stereocenters. The van der Waals surface area contributed by atoms with Crippen LogP contribution in [-0.4, -0.2) is 63.5 Å². The fraction of sp³-hybridized carbons (Fsp3) is 1.00. The van der Waals surface area contributed by atoms with Gasteiger partial charge in [-0.3, -0.25) is 0 Å². The molecule has 0 aromatic heterocycles. The van der Waals surface area contributed by atoms with Gasteiger partial charge in [0, 0.05) is 50.6 Å². The van der Waals surface area contributed by atoms with Gasteiger partial charge in [-0.25, -0.2) is 0 Å². The number of hydroxylamine groups is 4. The van der Waals surface area contributed by atoms with E-state index in [9.17, 15) is 10.4 Å². The molecule has 4 fully saturated rings. The molecule has 8 heteroatoms. The topological polar surface area (TPSA) is 46.3 Å². The maximum absolute atomic E-state index is 12.9. The Labute approximate surface area is 206 Å². The average molecular weight is 505 g/mol. The van der Waals surface area contributed by atoms with Gasteiger partial charge in [-0.2, -0.15) is 0 Å². The third kappa shape index (κ3) is 4.48. The third-order valence-electron chi connectivity index (χ3n) is 7.57. The molecule has 4 nitrogen and oxygen atoms in total. The van der Waals surface area contributed by atoms with Crippen LogP contribution in [0, 0.1) is 5.41 Å². The highest BCUT2D eigenvalue weighted by Crippen LogP contribution is 2.65. The van der Waals surface area contributed by atoms with Crippen LogP contribution in [0.2, 0.25) is 0 Å². The summed E-state index contributed by atoms with van der Waals surface area (Å²) in [6, 6.07) is 0. The quantitative estimate of drug-likeness (QED) is 0.384. The number of piperidine rings is 2. The van der Waals surface area contributed by atoms with Crippen LogP contribution < -0.4 is 0 Å². The fourth-order valence-electron chi connectivity index (χ4n) is 6.57. The largest absolute Gasteiger partial charge is 0.144 e. The Kier molecular flexibility index (Phi) is 6.23. The summed E-state index contributed by atoms with van der Waals surface area (Å²) in [5.74, 6) is 4.78. The summed E-state index contributed by atoms with van der Waals surface area (Å²) in [4.78, 5) is 0. The maximum Gasteiger partial charge on any atom is 0.0648 e. The van der Waals surface area contributed by atoms with Gasteiger partial charge in [0.15, 0.2) is 0 Å². The molecular formula is C23H40N2O2S4. The van der Waals surface area contributed by atoms with Crippen molar-refractivity contribution in [1.82, 2.24) is 10.1 Å². The Morgan fingerprint density at radius 2 is 0.710 bits per heavy atom. The summed E-state index contributed by atoms with van der Waals surface area (Å²) in [7, 11) is 0. The lowest BCUT2D eigenvalue weighted by Gasteiger charge is -2.60. The average Bonchev–Trinajstić information content (AvgIpc) is 2.62. The van der Waals surface area contributed by atoms with E-state index in [1.54, 1.807) is 0 Å². The zero-order valence-electron chi connectivity index (χ0n) is 20.5. The molecule has 0 N–H and O–H groups in total. The highest BCUT2D eigenvalue weighted by molar-refractivity contribution is 8.20. The molecule has 4 heterocycles. The molecule has 0 bridgehead atoms. The zero-order chi connectivity index (χ0) is 23.1. The van der Waals surface area contributed by atoms with Crippen molar-refractivity contribution in [3.63, 3.8) is 0 Å². The molecule has 0 aliphatic carbocycles. The summed E-state index contributed by atoms with van der Waals surface area (Å²) in [5.41, 5.74) is -0.871. The molecule has 4 aliphatic heterocycles. The van der Waals surface area contributed by atoms with Gasteiger partial charge < -0.3 is 0 Å². The van der Waals surface area contributed by atoms with Crippen molar-refractivity contribution < 1.29 is 10.4 Å². The summed E-state index contributed by atoms with van der Waals surface area (Å²) >= 11 is 8.58. The highest BCUT2D eigenvalue weighted by atomic mass is 32.2. The molecule has 0 aromatic carbocycles. The predicted molar refractivity (Wildman–Crippen MR) is 138 cm³/mol. The van der Waals surface area contributed by atoms with E-state index >= 15 is 0 Å². The van der Waals surface area contributed by atoms with Gasteiger partial charge in [0.2, 0.25) is 0 Å². The van der Waals surface area contributed by atoms with E-state index in [0.717, 1.165) is 25.7 Å². The van der Waals surface area contributed by atoms with E-state index in [4.69, 9.17) is 0 Å². The van der Waals surface area contributed by atoms with Crippen LogP contribution in [0.25, 0.3) is 0 Å². The first-order chi connectivity index (χ1) is 14.0. The second kappa shape index (κ2) is 7.62.